The van der Waals surface area contributed by atoms with Gasteiger partial charge in [0.2, 0.25) is 0 Å². The Morgan fingerprint density at radius 2 is 1.20 bits per heavy atom. The average molecular weight is 213 g/mol. The van der Waals surface area contributed by atoms with Crippen LogP contribution in [0.15, 0.2) is 0 Å². The van der Waals surface area contributed by atoms with E-state index in [0.29, 0.717) is 0 Å². The lowest BCUT2D eigenvalue weighted by Gasteiger charge is -2.49. The van der Waals surface area contributed by atoms with E-state index in [0.717, 1.165) is 0 Å². The van der Waals surface area contributed by atoms with Gasteiger partial charge in [0.1, 0.15) is 11.6 Å². The van der Waals surface area contributed by atoms with Gasteiger partial charge in [-0.3, -0.25) is 9.59 Å². The van der Waals surface area contributed by atoms with Gasteiger partial charge in [-0.15, -0.1) is 0 Å². The highest BCUT2D eigenvalue weighted by Crippen LogP contribution is 2.46. The Kier molecular flexibility index (Phi) is 3.53. The number of carbonyl (C=O) groups excluding carboxylic acids is 2. The zero-order valence-electron chi connectivity index (χ0n) is 10.9. The first kappa shape index (κ1) is 14.3. The number of Topliss-reactive ketones (excluding diaryl/α,β-unsaturated/α-hetero) is 2. The fraction of sp³-hybridized carbons (Fsp3) is 0.833. The molecule has 0 saturated heterocycles. The molecule has 0 aromatic carbocycles. The van der Waals surface area contributed by atoms with Crippen molar-refractivity contribution in [3.8, 4) is 0 Å². The molecule has 0 fully saturated rings. The van der Waals surface area contributed by atoms with Crippen molar-refractivity contribution < 1.29 is 9.59 Å². The molecule has 0 rings (SSSR count). The van der Waals surface area contributed by atoms with Crippen LogP contribution in [0, 0.1) is 10.8 Å². The zero-order valence-corrected chi connectivity index (χ0v) is 10.9. The number of ketones is 2. The van der Waals surface area contributed by atoms with Gasteiger partial charge in [0.25, 0.3) is 0 Å². The summed E-state index contributed by atoms with van der Waals surface area (Å²) in [6, 6.07) is 0. The molecule has 0 amide bonds. The number of nitrogens with two attached hydrogens (primary N) is 1. The van der Waals surface area contributed by atoms with Crippen molar-refractivity contribution >= 4 is 11.6 Å². The maximum Gasteiger partial charge on any atom is 0.149 e. The summed E-state index contributed by atoms with van der Waals surface area (Å²) in [6.07, 6.45) is 0. The monoisotopic (exact) mass is 213 g/mol. The minimum atomic E-state index is -0.998. The average Bonchev–Trinajstić information content (AvgIpc) is 2.02. The number of hydrogen-bond acceptors (Lipinski definition) is 3. The van der Waals surface area contributed by atoms with Crippen molar-refractivity contribution in [3.63, 3.8) is 0 Å². The van der Waals surface area contributed by atoms with Crippen molar-refractivity contribution in [2.75, 3.05) is 0 Å². The van der Waals surface area contributed by atoms with Gasteiger partial charge in [-0.05, 0) is 20.8 Å². The normalized spacial score (nSPS) is 17.1. The lowest BCUT2D eigenvalue weighted by molar-refractivity contribution is -0.139. The number of hydrogen-bond donors (Lipinski definition) is 1. The first-order chi connectivity index (χ1) is 6.39. The molecule has 0 radical (unpaired) electrons. The Labute approximate surface area is 92.4 Å². The van der Waals surface area contributed by atoms with E-state index in [4.69, 9.17) is 5.73 Å². The second-order valence-electron chi connectivity index (χ2n) is 5.56. The molecule has 3 nitrogen and oxygen atoms in total. The summed E-state index contributed by atoms with van der Waals surface area (Å²) in [7, 11) is 0. The van der Waals surface area contributed by atoms with Gasteiger partial charge in [-0.25, -0.2) is 0 Å². The van der Waals surface area contributed by atoms with Crippen molar-refractivity contribution in [2.24, 2.45) is 16.6 Å². The van der Waals surface area contributed by atoms with Crippen LogP contribution in [0.4, 0.5) is 0 Å². The lowest BCUT2D eigenvalue weighted by atomic mass is 9.56. The molecule has 0 aromatic rings. The molecule has 0 aliphatic heterocycles. The summed E-state index contributed by atoms with van der Waals surface area (Å²) in [5.74, 6) is -0.0488. The zero-order chi connectivity index (χ0) is 12.7. The maximum absolute atomic E-state index is 11.6. The fourth-order valence-electron chi connectivity index (χ4n) is 1.53. The van der Waals surface area contributed by atoms with Crippen molar-refractivity contribution in [2.45, 2.75) is 54.0 Å². The van der Waals surface area contributed by atoms with Crippen LogP contribution in [0.2, 0.25) is 0 Å². The molecule has 2 N–H and O–H groups in total. The minimum Gasteiger partial charge on any atom is -0.319 e. The van der Waals surface area contributed by atoms with Gasteiger partial charge in [0, 0.05) is 10.8 Å². The molecule has 3 heteroatoms. The van der Waals surface area contributed by atoms with Crippen LogP contribution in [-0.2, 0) is 9.59 Å². The van der Waals surface area contributed by atoms with Crippen molar-refractivity contribution in [3.05, 3.63) is 0 Å². The van der Waals surface area contributed by atoms with Crippen LogP contribution < -0.4 is 5.73 Å². The molecule has 88 valence electrons. The number of carbonyl (C=O) groups is 2. The van der Waals surface area contributed by atoms with Crippen LogP contribution in [0.25, 0.3) is 0 Å². The van der Waals surface area contributed by atoms with E-state index in [1.807, 2.05) is 27.7 Å². The first-order valence-electron chi connectivity index (χ1n) is 5.20. The van der Waals surface area contributed by atoms with E-state index in [-0.39, 0.29) is 11.6 Å². The number of rotatable bonds is 4. The highest BCUT2D eigenvalue weighted by atomic mass is 16.1. The quantitative estimate of drug-likeness (QED) is 0.776. The summed E-state index contributed by atoms with van der Waals surface area (Å²) < 4.78 is 0. The van der Waals surface area contributed by atoms with Gasteiger partial charge in [0.15, 0.2) is 0 Å². The standard InChI is InChI=1S/C12H23NO2/c1-8(14)10(3,4)11(5,6)12(7,13)9(2)15/h13H2,1-7H3. The molecule has 0 bridgehead atoms. The van der Waals surface area contributed by atoms with Crippen LogP contribution in [0.1, 0.15) is 48.5 Å². The first-order valence-corrected chi connectivity index (χ1v) is 5.20. The Morgan fingerprint density at radius 3 is 1.40 bits per heavy atom. The van der Waals surface area contributed by atoms with E-state index < -0.39 is 16.4 Å². The second kappa shape index (κ2) is 3.71. The fourth-order valence-corrected chi connectivity index (χ4v) is 1.53. The van der Waals surface area contributed by atoms with E-state index in [1.165, 1.54) is 13.8 Å². The van der Waals surface area contributed by atoms with Crippen LogP contribution in [-0.4, -0.2) is 17.1 Å². The SMILES string of the molecule is CC(=O)C(C)(C)C(C)(C)C(C)(N)C(C)=O. The predicted octanol–water partition coefficient (Wildman–Crippen LogP) is 1.93. The molecular weight excluding hydrogens is 190 g/mol. The molecule has 0 aromatic heterocycles. The van der Waals surface area contributed by atoms with Gasteiger partial charge in [-0.1, -0.05) is 27.7 Å². The molecule has 15 heavy (non-hydrogen) atoms. The molecule has 1 atom stereocenters. The van der Waals surface area contributed by atoms with E-state index in [2.05, 4.69) is 0 Å². The van der Waals surface area contributed by atoms with Crippen molar-refractivity contribution in [1.82, 2.24) is 0 Å². The Balaban J connectivity index is 5.50. The minimum absolute atomic E-state index is 0.0467. The van der Waals surface area contributed by atoms with Gasteiger partial charge < -0.3 is 5.73 Å². The Hall–Kier alpha value is -0.700. The molecule has 0 saturated carbocycles. The molecule has 0 aliphatic rings. The summed E-state index contributed by atoms with van der Waals surface area (Å²) in [5, 5.41) is 0. The van der Waals surface area contributed by atoms with Gasteiger partial charge in [-0.2, -0.15) is 0 Å². The second-order valence-corrected chi connectivity index (χ2v) is 5.56. The Bertz CT molecular complexity index is 260. The molecule has 0 aliphatic carbocycles. The highest BCUT2D eigenvalue weighted by Gasteiger charge is 2.53. The van der Waals surface area contributed by atoms with Gasteiger partial charge in [0.05, 0.1) is 5.54 Å². The molecule has 1 unspecified atom stereocenters. The predicted molar refractivity (Wildman–Crippen MR) is 61.5 cm³/mol. The van der Waals surface area contributed by atoms with E-state index >= 15 is 0 Å². The van der Waals surface area contributed by atoms with Crippen LogP contribution >= 0.6 is 0 Å². The summed E-state index contributed by atoms with van der Waals surface area (Å²) in [6.45, 7) is 12.1. The summed E-state index contributed by atoms with van der Waals surface area (Å²) in [5.41, 5.74) is 3.85. The van der Waals surface area contributed by atoms with E-state index in [9.17, 15) is 9.59 Å². The topological polar surface area (TPSA) is 60.2 Å². The van der Waals surface area contributed by atoms with Crippen LogP contribution in [0.3, 0.4) is 0 Å². The van der Waals surface area contributed by atoms with Gasteiger partial charge >= 0.3 is 0 Å². The van der Waals surface area contributed by atoms with Crippen LogP contribution in [0.5, 0.6) is 0 Å². The van der Waals surface area contributed by atoms with Crippen molar-refractivity contribution in [1.29, 1.82) is 0 Å². The molecule has 0 heterocycles. The summed E-state index contributed by atoms with van der Waals surface area (Å²) in [4.78, 5) is 23.2. The Morgan fingerprint density at radius 1 is 0.867 bits per heavy atom. The highest BCUT2D eigenvalue weighted by molar-refractivity contribution is 5.89. The third kappa shape index (κ3) is 1.98. The third-order valence-electron chi connectivity index (χ3n) is 4.47. The lowest BCUT2D eigenvalue weighted by Crippen LogP contribution is -2.62. The third-order valence-corrected chi connectivity index (χ3v) is 4.47. The largest absolute Gasteiger partial charge is 0.319 e. The van der Waals surface area contributed by atoms with E-state index in [1.54, 1.807) is 6.92 Å². The smallest absolute Gasteiger partial charge is 0.149 e. The maximum atomic E-state index is 11.6. The molecule has 0 spiro atoms. The molecular formula is C12H23NO2. The summed E-state index contributed by atoms with van der Waals surface area (Å²) >= 11 is 0.